The van der Waals surface area contributed by atoms with E-state index in [-0.39, 0.29) is 5.41 Å². The number of phenols is 1. The molecule has 0 saturated carbocycles. The van der Waals surface area contributed by atoms with Crippen LogP contribution < -0.4 is 0 Å². The molecule has 19 heavy (non-hydrogen) atoms. The van der Waals surface area contributed by atoms with Gasteiger partial charge in [0.15, 0.2) is 0 Å². The monoisotopic (exact) mass is 254 g/mol. The lowest BCUT2D eigenvalue weighted by atomic mass is 9.84. The fraction of sp³-hybridized carbons (Fsp3) is 0.333. The molecule has 1 nitrogen and oxygen atoms in total. The van der Waals surface area contributed by atoms with Crippen LogP contribution in [-0.4, -0.2) is 5.11 Å². The Kier molecular flexibility index (Phi) is 3.66. The van der Waals surface area contributed by atoms with E-state index in [9.17, 15) is 5.11 Å². The van der Waals surface area contributed by atoms with Crippen LogP contribution in [0.5, 0.6) is 5.75 Å². The van der Waals surface area contributed by atoms with Gasteiger partial charge in [0.1, 0.15) is 5.75 Å². The maximum Gasteiger partial charge on any atom is 0.122 e. The van der Waals surface area contributed by atoms with Gasteiger partial charge in [0.2, 0.25) is 0 Å². The molecule has 2 aromatic carbocycles. The van der Waals surface area contributed by atoms with Crippen LogP contribution in [-0.2, 0) is 11.8 Å². The minimum absolute atomic E-state index is 0.101. The summed E-state index contributed by atoms with van der Waals surface area (Å²) in [6.45, 7) is 8.57. The number of aromatic hydroxyl groups is 1. The molecule has 1 heteroatoms. The van der Waals surface area contributed by atoms with E-state index in [0.717, 1.165) is 17.5 Å². The van der Waals surface area contributed by atoms with Crippen LogP contribution in [0, 0.1) is 6.92 Å². The standard InChI is InChI=1S/C18H22O/c1-13-10-16(18(2,3)4)12-15(17(13)19)11-14-8-6-5-7-9-14/h5-10,12,19H,11H2,1-4H3. The Bertz CT molecular complexity index is 562. The number of phenolic OH excluding ortho intramolecular Hbond substituents is 1. The van der Waals surface area contributed by atoms with Crippen LogP contribution in [0.25, 0.3) is 0 Å². The number of hydrogen-bond acceptors (Lipinski definition) is 1. The van der Waals surface area contributed by atoms with Gasteiger partial charge in [-0.2, -0.15) is 0 Å². The summed E-state index contributed by atoms with van der Waals surface area (Å²) in [5, 5.41) is 10.2. The van der Waals surface area contributed by atoms with E-state index in [1.165, 1.54) is 11.1 Å². The lowest BCUT2D eigenvalue weighted by Gasteiger charge is -2.21. The van der Waals surface area contributed by atoms with E-state index in [0.29, 0.717) is 5.75 Å². The average molecular weight is 254 g/mol. The molecule has 0 heterocycles. The van der Waals surface area contributed by atoms with Crippen molar-refractivity contribution in [3.05, 3.63) is 64.7 Å². The van der Waals surface area contributed by atoms with Gasteiger partial charge in [0, 0.05) is 6.42 Å². The van der Waals surface area contributed by atoms with Crippen molar-refractivity contribution in [2.24, 2.45) is 0 Å². The highest BCUT2D eigenvalue weighted by Crippen LogP contribution is 2.31. The zero-order valence-corrected chi connectivity index (χ0v) is 12.2. The summed E-state index contributed by atoms with van der Waals surface area (Å²) in [4.78, 5) is 0. The minimum Gasteiger partial charge on any atom is -0.507 e. The predicted octanol–water partition coefficient (Wildman–Crippen LogP) is 4.59. The van der Waals surface area contributed by atoms with Gasteiger partial charge in [-0.1, -0.05) is 63.2 Å². The first-order valence-electron chi connectivity index (χ1n) is 6.75. The molecule has 0 spiro atoms. The molecule has 0 aromatic heterocycles. The fourth-order valence-corrected chi connectivity index (χ4v) is 2.24. The van der Waals surface area contributed by atoms with Crippen molar-refractivity contribution in [1.82, 2.24) is 0 Å². The molecule has 0 bridgehead atoms. The maximum atomic E-state index is 10.2. The van der Waals surface area contributed by atoms with Crippen molar-refractivity contribution in [2.45, 2.75) is 39.5 Å². The molecule has 100 valence electrons. The van der Waals surface area contributed by atoms with E-state index < -0.39 is 0 Å². The molecule has 0 amide bonds. The Morgan fingerprint density at radius 3 is 2.21 bits per heavy atom. The van der Waals surface area contributed by atoms with Crippen molar-refractivity contribution in [3.8, 4) is 5.75 Å². The molecule has 0 aliphatic rings. The number of aryl methyl sites for hydroxylation is 1. The van der Waals surface area contributed by atoms with Crippen LogP contribution in [0.15, 0.2) is 42.5 Å². The van der Waals surface area contributed by atoms with E-state index in [4.69, 9.17) is 0 Å². The van der Waals surface area contributed by atoms with Crippen LogP contribution in [0.2, 0.25) is 0 Å². The molecule has 0 atom stereocenters. The number of hydrogen-bond donors (Lipinski definition) is 1. The van der Waals surface area contributed by atoms with Gasteiger partial charge in [-0.3, -0.25) is 0 Å². The third kappa shape index (κ3) is 3.17. The highest BCUT2D eigenvalue weighted by atomic mass is 16.3. The summed E-state index contributed by atoms with van der Waals surface area (Å²) in [5.74, 6) is 0.428. The normalized spacial score (nSPS) is 11.6. The Labute approximate surface area is 115 Å². The smallest absolute Gasteiger partial charge is 0.122 e. The van der Waals surface area contributed by atoms with Crippen molar-refractivity contribution in [1.29, 1.82) is 0 Å². The van der Waals surface area contributed by atoms with E-state index in [1.54, 1.807) is 0 Å². The van der Waals surface area contributed by atoms with Gasteiger partial charge < -0.3 is 5.11 Å². The Morgan fingerprint density at radius 1 is 1.00 bits per heavy atom. The second kappa shape index (κ2) is 5.08. The van der Waals surface area contributed by atoms with Crippen LogP contribution in [0.4, 0.5) is 0 Å². The van der Waals surface area contributed by atoms with E-state index >= 15 is 0 Å². The molecule has 0 aliphatic heterocycles. The Balaban J connectivity index is 2.42. The third-order valence-corrected chi connectivity index (χ3v) is 3.48. The molecule has 0 saturated heterocycles. The van der Waals surface area contributed by atoms with Gasteiger partial charge in [0.05, 0.1) is 0 Å². The van der Waals surface area contributed by atoms with Gasteiger partial charge in [-0.15, -0.1) is 0 Å². The summed E-state index contributed by atoms with van der Waals surface area (Å²) in [6, 6.07) is 14.5. The lowest BCUT2D eigenvalue weighted by Crippen LogP contribution is -2.12. The molecule has 0 fully saturated rings. The Hall–Kier alpha value is -1.76. The average Bonchev–Trinajstić information content (AvgIpc) is 2.34. The lowest BCUT2D eigenvalue weighted by molar-refractivity contribution is 0.463. The van der Waals surface area contributed by atoms with Gasteiger partial charge in [-0.05, 0) is 34.6 Å². The highest BCUT2D eigenvalue weighted by Gasteiger charge is 2.17. The molecule has 2 aromatic rings. The fourth-order valence-electron chi connectivity index (χ4n) is 2.24. The quantitative estimate of drug-likeness (QED) is 0.831. The summed E-state index contributed by atoms with van der Waals surface area (Å²) >= 11 is 0. The van der Waals surface area contributed by atoms with Crippen molar-refractivity contribution < 1.29 is 5.11 Å². The van der Waals surface area contributed by atoms with Crippen LogP contribution >= 0.6 is 0 Å². The van der Waals surface area contributed by atoms with Crippen molar-refractivity contribution >= 4 is 0 Å². The largest absolute Gasteiger partial charge is 0.507 e. The van der Waals surface area contributed by atoms with Gasteiger partial charge in [-0.25, -0.2) is 0 Å². The zero-order chi connectivity index (χ0) is 14.0. The topological polar surface area (TPSA) is 20.2 Å². The molecule has 0 radical (unpaired) electrons. The maximum absolute atomic E-state index is 10.2. The van der Waals surface area contributed by atoms with Gasteiger partial charge in [0.25, 0.3) is 0 Å². The van der Waals surface area contributed by atoms with E-state index in [2.05, 4.69) is 45.0 Å². The van der Waals surface area contributed by atoms with Crippen LogP contribution in [0.1, 0.15) is 43.0 Å². The summed E-state index contributed by atoms with van der Waals surface area (Å²) < 4.78 is 0. The second-order valence-corrected chi connectivity index (χ2v) is 6.21. The molecular formula is C18H22O. The van der Waals surface area contributed by atoms with Crippen molar-refractivity contribution in [2.75, 3.05) is 0 Å². The highest BCUT2D eigenvalue weighted by molar-refractivity contribution is 5.46. The summed E-state index contributed by atoms with van der Waals surface area (Å²) in [7, 11) is 0. The van der Waals surface area contributed by atoms with Gasteiger partial charge >= 0.3 is 0 Å². The predicted molar refractivity (Wildman–Crippen MR) is 80.8 cm³/mol. The third-order valence-electron chi connectivity index (χ3n) is 3.48. The second-order valence-electron chi connectivity index (χ2n) is 6.21. The minimum atomic E-state index is 0.101. The molecule has 2 rings (SSSR count). The first-order chi connectivity index (χ1) is 8.88. The van der Waals surface area contributed by atoms with Crippen LogP contribution in [0.3, 0.4) is 0 Å². The number of benzene rings is 2. The number of rotatable bonds is 2. The summed E-state index contributed by atoms with van der Waals surface area (Å²) in [5.41, 5.74) is 4.57. The zero-order valence-electron chi connectivity index (χ0n) is 12.2. The summed E-state index contributed by atoms with van der Waals surface area (Å²) in [6.07, 6.45) is 0.775. The first-order valence-corrected chi connectivity index (χ1v) is 6.75. The molecule has 1 N–H and O–H groups in total. The first kappa shape index (κ1) is 13.7. The Morgan fingerprint density at radius 2 is 1.63 bits per heavy atom. The molecule has 0 unspecified atom stereocenters. The molecule has 0 aliphatic carbocycles. The molecular weight excluding hydrogens is 232 g/mol. The SMILES string of the molecule is Cc1cc(C(C)(C)C)cc(Cc2ccccc2)c1O. The van der Waals surface area contributed by atoms with E-state index in [1.807, 2.05) is 25.1 Å². The van der Waals surface area contributed by atoms with Crippen molar-refractivity contribution in [3.63, 3.8) is 0 Å².